The molecule has 0 atom stereocenters. The van der Waals surface area contributed by atoms with E-state index in [1.165, 1.54) is 12.1 Å². The van der Waals surface area contributed by atoms with Gasteiger partial charge in [0, 0.05) is 25.2 Å². The minimum absolute atomic E-state index is 0.0392. The minimum Gasteiger partial charge on any atom is -0.369 e. The standard InChI is InChI=1S/C13H13FN4O4S/c14-12-2-1-3-13(17-12)15-8-9-16-23(21,22)11-6-4-10(5-7-11)18(19)20/h1-7,16H,8-9H2,(H,15,17). The monoisotopic (exact) mass is 340 g/mol. The Kier molecular flexibility index (Phi) is 5.19. The van der Waals surface area contributed by atoms with E-state index in [2.05, 4.69) is 15.0 Å². The summed E-state index contributed by atoms with van der Waals surface area (Å²) >= 11 is 0. The number of halogens is 1. The normalized spacial score (nSPS) is 11.2. The molecular weight excluding hydrogens is 327 g/mol. The van der Waals surface area contributed by atoms with Gasteiger partial charge in [-0.1, -0.05) is 6.07 Å². The molecule has 122 valence electrons. The van der Waals surface area contributed by atoms with Crippen LogP contribution in [-0.4, -0.2) is 31.4 Å². The molecule has 0 bridgehead atoms. The maximum absolute atomic E-state index is 12.9. The summed E-state index contributed by atoms with van der Waals surface area (Å²) in [5, 5.41) is 13.3. The third kappa shape index (κ3) is 4.69. The fourth-order valence-corrected chi connectivity index (χ4v) is 2.74. The summed E-state index contributed by atoms with van der Waals surface area (Å²) in [5.41, 5.74) is -0.192. The van der Waals surface area contributed by atoms with Crippen molar-refractivity contribution < 1.29 is 17.7 Å². The zero-order valence-corrected chi connectivity index (χ0v) is 12.6. The van der Waals surface area contributed by atoms with Gasteiger partial charge in [0.25, 0.3) is 5.69 Å². The average Bonchev–Trinajstić information content (AvgIpc) is 2.52. The Hall–Kier alpha value is -2.59. The van der Waals surface area contributed by atoms with Crippen molar-refractivity contribution in [2.24, 2.45) is 0 Å². The zero-order valence-electron chi connectivity index (χ0n) is 11.8. The number of pyridine rings is 1. The lowest BCUT2D eigenvalue weighted by molar-refractivity contribution is -0.384. The highest BCUT2D eigenvalue weighted by molar-refractivity contribution is 7.89. The van der Waals surface area contributed by atoms with Crippen molar-refractivity contribution >= 4 is 21.5 Å². The van der Waals surface area contributed by atoms with E-state index in [1.807, 2.05) is 0 Å². The zero-order chi connectivity index (χ0) is 16.9. The number of aromatic nitrogens is 1. The number of non-ortho nitro benzene ring substituents is 1. The van der Waals surface area contributed by atoms with E-state index in [4.69, 9.17) is 0 Å². The smallest absolute Gasteiger partial charge is 0.269 e. The molecule has 0 saturated heterocycles. The van der Waals surface area contributed by atoms with Gasteiger partial charge in [0.2, 0.25) is 16.0 Å². The lowest BCUT2D eigenvalue weighted by Crippen LogP contribution is -2.29. The van der Waals surface area contributed by atoms with E-state index in [0.29, 0.717) is 5.82 Å². The van der Waals surface area contributed by atoms with Gasteiger partial charge in [-0.05, 0) is 24.3 Å². The molecule has 0 radical (unpaired) electrons. The summed E-state index contributed by atoms with van der Waals surface area (Å²) in [4.78, 5) is 13.4. The molecule has 0 aliphatic heterocycles. The molecule has 8 nitrogen and oxygen atoms in total. The Labute approximate surface area is 131 Å². The summed E-state index contributed by atoms with van der Waals surface area (Å²) < 4.78 is 39.2. The second-order valence-electron chi connectivity index (χ2n) is 4.42. The summed E-state index contributed by atoms with van der Waals surface area (Å²) in [7, 11) is -3.77. The fraction of sp³-hybridized carbons (Fsp3) is 0.154. The van der Waals surface area contributed by atoms with E-state index in [-0.39, 0.29) is 23.7 Å². The molecule has 0 aliphatic carbocycles. The van der Waals surface area contributed by atoms with E-state index < -0.39 is 20.9 Å². The number of hydrogen-bond acceptors (Lipinski definition) is 6. The summed E-state index contributed by atoms with van der Waals surface area (Å²) in [6.07, 6.45) is 0. The van der Waals surface area contributed by atoms with Gasteiger partial charge in [0.05, 0.1) is 9.82 Å². The maximum Gasteiger partial charge on any atom is 0.269 e. The molecule has 0 unspecified atom stereocenters. The highest BCUT2D eigenvalue weighted by Gasteiger charge is 2.15. The van der Waals surface area contributed by atoms with Crippen molar-refractivity contribution in [3.8, 4) is 0 Å². The highest BCUT2D eigenvalue weighted by Crippen LogP contribution is 2.15. The third-order valence-electron chi connectivity index (χ3n) is 2.80. The van der Waals surface area contributed by atoms with Crippen LogP contribution in [0, 0.1) is 16.1 Å². The molecule has 0 amide bonds. The van der Waals surface area contributed by atoms with Crippen LogP contribution in [-0.2, 0) is 10.0 Å². The molecule has 1 heterocycles. The van der Waals surface area contributed by atoms with Gasteiger partial charge in [0.15, 0.2) is 0 Å². The predicted molar refractivity (Wildman–Crippen MR) is 81.0 cm³/mol. The molecule has 23 heavy (non-hydrogen) atoms. The van der Waals surface area contributed by atoms with Gasteiger partial charge >= 0.3 is 0 Å². The first-order chi connectivity index (χ1) is 10.9. The van der Waals surface area contributed by atoms with Gasteiger partial charge in [-0.25, -0.2) is 18.1 Å². The maximum atomic E-state index is 12.9. The SMILES string of the molecule is O=[N+]([O-])c1ccc(S(=O)(=O)NCCNc2cccc(F)n2)cc1. The van der Waals surface area contributed by atoms with Crippen LogP contribution in [0.1, 0.15) is 0 Å². The van der Waals surface area contributed by atoms with Gasteiger partial charge in [0.1, 0.15) is 5.82 Å². The number of nitrogens with zero attached hydrogens (tertiary/aromatic N) is 2. The Morgan fingerprint density at radius 1 is 1.13 bits per heavy atom. The first-order valence-corrected chi connectivity index (χ1v) is 7.97. The van der Waals surface area contributed by atoms with Crippen molar-refractivity contribution in [3.05, 3.63) is 58.5 Å². The van der Waals surface area contributed by atoms with E-state index in [0.717, 1.165) is 24.3 Å². The number of anilines is 1. The molecule has 1 aromatic heterocycles. The van der Waals surface area contributed by atoms with Crippen LogP contribution in [0.2, 0.25) is 0 Å². The first-order valence-electron chi connectivity index (χ1n) is 6.49. The van der Waals surface area contributed by atoms with Crippen molar-refractivity contribution in [3.63, 3.8) is 0 Å². The van der Waals surface area contributed by atoms with Crippen LogP contribution in [0.3, 0.4) is 0 Å². The lowest BCUT2D eigenvalue weighted by Gasteiger charge is -2.08. The number of hydrogen-bond donors (Lipinski definition) is 2. The molecule has 0 aliphatic rings. The molecule has 2 rings (SSSR count). The van der Waals surface area contributed by atoms with Crippen LogP contribution in [0.5, 0.6) is 0 Å². The molecule has 2 aromatic rings. The van der Waals surface area contributed by atoms with Crippen LogP contribution in [0.15, 0.2) is 47.4 Å². The first kappa shape index (κ1) is 16.8. The Bertz CT molecular complexity index is 796. The summed E-state index contributed by atoms with van der Waals surface area (Å²) in [5.74, 6) is -0.346. The molecule has 1 aromatic carbocycles. The topological polar surface area (TPSA) is 114 Å². The van der Waals surface area contributed by atoms with Crippen LogP contribution >= 0.6 is 0 Å². The Balaban J connectivity index is 1.90. The van der Waals surface area contributed by atoms with E-state index >= 15 is 0 Å². The highest BCUT2D eigenvalue weighted by atomic mass is 32.2. The van der Waals surface area contributed by atoms with Crippen LogP contribution in [0.4, 0.5) is 15.9 Å². The van der Waals surface area contributed by atoms with Crippen molar-refractivity contribution in [1.29, 1.82) is 0 Å². The Morgan fingerprint density at radius 2 is 1.83 bits per heavy atom. The Morgan fingerprint density at radius 3 is 2.43 bits per heavy atom. The molecule has 0 fully saturated rings. The molecule has 0 saturated carbocycles. The van der Waals surface area contributed by atoms with Crippen molar-refractivity contribution in [1.82, 2.24) is 9.71 Å². The predicted octanol–water partition coefficient (Wildman–Crippen LogP) is 1.52. The van der Waals surface area contributed by atoms with Gasteiger partial charge in [-0.2, -0.15) is 4.39 Å². The summed E-state index contributed by atoms with van der Waals surface area (Å²) in [6.45, 7) is 0.236. The van der Waals surface area contributed by atoms with Gasteiger partial charge < -0.3 is 5.32 Å². The minimum atomic E-state index is -3.77. The second kappa shape index (κ2) is 7.11. The van der Waals surface area contributed by atoms with E-state index in [1.54, 1.807) is 6.07 Å². The molecule has 2 N–H and O–H groups in total. The number of nitro groups is 1. The largest absolute Gasteiger partial charge is 0.369 e. The van der Waals surface area contributed by atoms with E-state index in [9.17, 15) is 22.9 Å². The van der Waals surface area contributed by atoms with Crippen molar-refractivity contribution in [2.75, 3.05) is 18.4 Å². The fourth-order valence-electron chi connectivity index (χ4n) is 1.71. The molecular formula is C13H13FN4O4S. The quantitative estimate of drug-likeness (QED) is 0.342. The second-order valence-corrected chi connectivity index (χ2v) is 6.19. The molecule has 0 spiro atoms. The van der Waals surface area contributed by atoms with Crippen LogP contribution in [0.25, 0.3) is 0 Å². The van der Waals surface area contributed by atoms with Gasteiger partial charge in [-0.15, -0.1) is 0 Å². The molecule has 10 heteroatoms. The number of sulfonamides is 1. The van der Waals surface area contributed by atoms with Crippen LogP contribution < -0.4 is 10.0 Å². The summed E-state index contributed by atoms with van der Waals surface area (Å²) in [6, 6.07) is 8.76. The lowest BCUT2D eigenvalue weighted by atomic mass is 10.3. The number of benzene rings is 1. The van der Waals surface area contributed by atoms with Crippen molar-refractivity contribution in [2.45, 2.75) is 4.90 Å². The number of nitrogens with one attached hydrogen (secondary N) is 2. The number of rotatable bonds is 7. The average molecular weight is 340 g/mol. The third-order valence-corrected chi connectivity index (χ3v) is 4.27. The van der Waals surface area contributed by atoms with Gasteiger partial charge in [-0.3, -0.25) is 10.1 Å². The number of nitro benzene ring substituents is 1.